The van der Waals surface area contributed by atoms with Gasteiger partial charge in [-0.3, -0.25) is 4.79 Å². The largest absolute Gasteiger partial charge is 0.339 e. The molecule has 0 aromatic rings. The van der Waals surface area contributed by atoms with Gasteiger partial charge in [-0.05, 0) is 37.5 Å². The van der Waals surface area contributed by atoms with E-state index in [9.17, 15) is 13.2 Å². The van der Waals surface area contributed by atoms with Crippen LogP contribution in [-0.4, -0.2) is 44.1 Å². The molecule has 0 spiro atoms. The smallest absolute Gasteiger partial charge is 0.223 e. The van der Waals surface area contributed by atoms with E-state index in [1.807, 2.05) is 4.90 Å². The van der Waals surface area contributed by atoms with Crippen LogP contribution in [-0.2, 0) is 14.8 Å². The average molecular weight is 300 g/mol. The Bertz CT molecular complexity index is 467. The van der Waals surface area contributed by atoms with Crippen LogP contribution < -0.4 is 4.72 Å². The van der Waals surface area contributed by atoms with Crippen molar-refractivity contribution >= 4 is 15.9 Å². The van der Waals surface area contributed by atoms with Gasteiger partial charge < -0.3 is 4.90 Å². The predicted molar refractivity (Wildman–Crippen MR) is 76.6 cm³/mol. The maximum Gasteiger partial charge on any atom is 0.223 e. The van der Waals surface area contributed by atoms with Crippen molar-refractivity contribution in [3.05, 3.63) is 0 Å². The lowest BCUT2D eigenvalue weighted by atomic mass is 10.1. The molecule has 2 saturated carbocycles. The third-order valence-electron chi connectivity index (χ3n) is 4.75. The lowest BCUT2D eigenvalue weighted by Gasteiger charge is -2.16. The minimum atomic E-state index is -3.17. The van der Waals surface area contributed by atoms with E-state index in [4.69, 9.17) is 0 Å². The summed E-state index contributed by atoms with van der Waals surface area (Å²) in [7, 11) is -3.17. The highest BCUT2D eigenvalue weighted by Crippen LogP contribution is 2.32. The third-order valence-corrected chi connectivity index (χ3v) is 6.26. The fourth-order valence-corrected chi connectivity index (χ4v) is 5.04. The first-order valence-electron chi connectivity index (χ1n) is 7.80. The fourth-order valence-electron chi connectivity index (χ4n) is 3.48. The summed E-state index contributed by atoms with van der Waals surface area (Å²) in [5, 5.41) is 0. The van der Waals surface area contributed by atoms with Crippen LogP contribution >= 0.6 is 0 Å². The molecule has 3 aliphatic rings. The summed E-state index contributed by atoms with van der Waals surface area (Å²) in [4.78, 5) is 13.8. The number of rotatable bonds is 6. The SMILES string of the molecule is O=C1C[C@H](CNS(=O)(=O)CC2CCCC2)CN1C1CC1. The minimum Gasteiger partial charge on any atom is -0.339 e. The van der Waals surface area contributed by atoms with E-state index in [1.54, 1.807) is 0 Å². The quantitative estimate of drug-likeness (QED) is 0.799. The molecule has 3 fully saturated rings. The van der Waals surface area contributed by atoms with E-state index in [0.717, 1.165) is 45.1 Å². The number of sulfonamides is 1. The van der Waals surface area contributed by atoms with Crippen molar-refractivity contribution in [2.75, 3.05) is 18.8 Å². The number of hydrogen-bond donors (Lipinski definition) is 1. The maximum absolute atomic E-state index is 12.0. The van der Waals surface area contributed by atoms with Crippen LogP contribution in [0.15, 0.2) is 0 Å². The first kappa shape index (κ1) is 14.3. The molecule has 2 aliphatic carbocycles. The lowest BCUT2D eigenvalue weighted by Crippen LogP contribution is -2.34. The Kier molecular flexibility index (Phi) is 4.04. The standard InChI is InChI=1S/C14H24N2O3S/c17-14-7-12(9-16(14)13-5-6-13)8-15-20(18,19)10-11-3-1-2-4-11/h11-13,15H,1-10H2/t12-/m1/s1. The van der Waals surface area contributed by atoms with Crippen LogP contribution in [0.2, 0.25) is 0 Å². The molecule has 6 heteroatoms. The second-order valence-electron chi connectivity index (χ2n) is 6.63. The molecule has 1 atom stereocenters. The van der Waals surface area contributed by atoms with Gasteiger partial charge in [0.05, 0.1) is 5.75 Å². The summed E-state index contributed by atoms with van der Waals surface area (Å²) >= 11 is 0. The second-order valence-corrected chi connectivity index (χ2v) is 8.48. The van der Waals surface area contributed by atoms with Gasteiger partial charge in [0.25, 0.3) is 0 Å². The first-order chi connectivity index (χ1) is 9.53. The zero-order valence-corrected chi connectivity index (χ0v) is 12.7. The fraction of sp³-hybridized carbons (Fsp3) is 0.929. The van der Waals surface area contributed by atoms with E-state index >= 15 is 0 Å². The lowest BCUT2D eigenvalue weighted by molar-refractivity contribution is -0.128. The Labute approximate surface area is 121 Å². The normalized spacial score (nSPS) is 28.5. The van der Waals surface area contributed by atoms with E-state index in [2.05, 4.69) is 4.72 Å². The molecule has 1 amide bonds. The monoisotopic (exact) mass is 300 g/mol. The van der Waals surface area contributed by atoms with Crippen molar-refractivity contribution in [3.63, 3.8) is 0 Å². The molecule has 0 bridgehead atoms. The van der Waals surface area contributed by atoms with Crippen molar-refractivity contribution < 1.29 is 13.2 Å². The van der Waals surface area contributed by atoms with Crippen molar-refractivity contribution in [2.45, 2.75) is 51.0 Å². The zero-order chi connectivity index (χ0) is 14.2. The molecular weight excluding hydrogens is 276 g/mol. The molecule has 114 valence electrons. The van der Waals surface area contributed by atoms with E-state index < -0.39 is 10.0 Å². The highest BCUT2D eigenvalue weighted by atomic mass is 32.2. The number of amides is 1. The molecule has 1 N–H and O–H groups in total. The second kappa shape index (κ2) is 5.64. The predicted octanol–water partition coefficient (Wildman–Crippen LogP) is 1.11. The number of carbonyl (C=O) groups is 1. The van der Waals surface area contributed by atoms with Gasteiger partial charge in [0.2, 0.25) is 15.9 Å². The number of hydrogen-bond acceptors (Lipinski definition) is 3. The van der Waals surface area contributed by atoms with Crippen molar-refractivity contribution in [1.29, 1.82) is 0 Å². The molecule has 5 nitrogen and oxygen atoms in total. The van der Waals surface area contributed by atoms with Crippen LogP contribution in [0.5, 0.6) is 0 Å². The van der Waals surface area contributed by atoms with Gasteiger partial charge in [-0.15, -0.1) is 0 Å². The summed E-state index contributed by atoms with van der Waals surface area (Å²) in [6, 6.07) is 0.447. The van der Waals surface area contributed by atoms with Crippen molar-refractivity contribution in [2.24, 2.45) is 11.8 Å². The van der Waals surface area contributed by atoms with Gasteiger partial charge in [-0.25, -0.2) is 13.1 Å². The van der Waals surface area contributed by atoms with Crippen LogP contribution in [0.3, 0.4) is 0 Å². The van der Waals surface area contributed by atoms with Crippen LogP contribution in [0, 0.1) is 11.8 Å². The molecular formula is C14H24N2O3S. The summed E-state index contributed by atoms with van der Waals surface area (Å²) in [6.45, 7) is 1.15. The molecule has 0 aromatic heterocycles. The zero-order valence-electron chi connectivity index (χ0n) is 11.9. The van der Waals surface area contributed by atoms with E-state index in [1.165, 1.54) is 0 Å². The number of nitrogens with one attached hydrogen (secondary N) is 1. The molecule has 1 heterocycles. The molecule has 0 aromatic carbocycles. The molecule has 1 saturated heterocycles. The van der Waals surface area contributed by atoms with Gasteiger partial charge in [-0.2, -0.15) is 0 Å². The number of carbonyl (C=O) groups excluding carboxylic acids is 1. The Hall–Kier alpha value is -0.620. The Morgan fingerprint density at radius 3 is 2.45 bits per heavy atom. The highest BCUT2D eigenvalue weighted by molar-refractivity contribution is 7.89. The highest BCUT2D eigenvalue weighted by Gasteiger charge is 2.39. The number of likely N-dealkylation sites (tertiary alicyclic amines) is 1. The summed E-state index contributed by atoms with van der Waals surface area (Å²) in [5.41, 5.74) is 0. The molecule has 3 rings (SSSR count). The first-order valence-corrected chi connectivity index (χ1v) is 9.45. The van der Waals surface area contributed by atoms with Gasteiger partial charge in [0.1, 0.15) is 0 Å². The molecule has 1 aliphatic heterocycles. The molecule has 0 radical (unpaired) electrons. The van der Waals surface area contributed by atoms with Crippen molar-refractivity contribution in [3.8, 4) is 0 Å². The summed E-state index contributed by atoms with van der Waals surface area (Å²) in [5.74, 6) is 0.953. The summed E-state index contributed by atoms with van der Waals surface area (Å²) in [6.07, 6.45) is 7.14. The van der Waals surface area contributed by atoms with Gasteiger partial charge in [0, 0.05) is 25.6 Å². The van der Waals surface area contributed by atoms with E-state index in [0.29, 0.717) is 24.9 Å². The topological polar surface area (TPSA) is 66.5 Å². The van der Waals surface area contributed by atoms with Gasteiger partial charge in [-0.1, -0.05) is 12.8 Å². The average Bonchev–Trinajstić information content (AvgIpc) is 2.98. The van der Waals surface area contributed by atoms with Gasteiger partial charge >= 0.3 is 0 Å². The van der Waals surface area contributed by atoms with Crippen molar-refractivity contribution in [1.82, 2.24) is 9.62 Å². The Morgan fingerprint density at radius 2 is 1.80 bits per heavy atom. The number of nitrogens with zero attached hydrogens (tertiary/aromatic N) is 1. The summed E-state index contributed by atoms with van der Waals surface area (Å²) < 4.78 is 26.8. The van der Waals surface area contributed by atoms with E-state index in [-0.39, 0.29) is 17.6 Å². The minimum absolute atomic E-state index is 0.154. The van der Waals surface area contributed by atoms with Crippen LogP contribution in [0.1, 0.15) is 44.9 Å². The Balaban J connectivity index is 1.45. The van der Waals surface area contributed by atoms with Crippen LogP contribution in [0.4, 0.5) is 0 Å². The van der Waals surface area contributed by atoms with Crippen LogP contribution in [0.25, 0.3) is 0 Å². The third kappa shape index (κ3) is 3.52. The Morgan fingerprint density at radius 1 is 1.10 bits per heavy atom. The maximum atomic E-state index is 12.0. The molecule has 20 heavy (non-hydrogen) atoms. The molecule has 0 unspecified atom stereocenters. The van der Waals surface area contributed by atoms with Gasteiger partial charge in [0.15, 0.2) is 0 Å².